The fourth-order valence-corrected chi connectivity index (χ4v) is 3.01. The molecule has 0 aliphatic carbocycles. The maximum atomic E-state index is 11.6. The number of H-pyrrole nitrogens is 1. The summed E-state index contributed by atoms with van der Waals surface area (Å²) < 4.78 is 0. The zero-order valence-corrected chi connectivity index (χ0v) is 13.3. The highest BCUT2D eigenvalue weighted by Crippen LogP contribution is 2.30. The molecular weight excluding hydrogens is 294 g/mol. The molecule has 2 aromatic carbocycles. The Morgan fingerprint density at radius 3 is 2.41 bits per heavy atom. The highest BCUT2D eigenvalue weighted by Gasteiger charge is 2.15. The number of nitrogens with one attached hydrogen (secondary N) is 2. The summed E-state index contributed by atoms with van der Waals surface area (Å²) in [5.41, 5.74) is 9.11. The molecule has 1 aromatic heterocycles. The van der Waals surface area contributed by atoms with E-state index in [0.717, 1.165) is 22.0 Å². The van der Waals surface area contributed by atoms with Gasteiger partial charge in [0.25, 0.3) is 5.91 Å². The van der Waals surface area contributed by atoms with Gasteiger partial charge in [0.2, 0.25) is 0 Å². The predicted molar refractivity (Wildman–Crippen MR) is 93.6 cm³/mol. The number of carbonyl (C=O) groups excluding carboxylic acids is 1. The van der Waals surface area contributed by atoms with E-state index in [-0.39, 0.29) is 0 Å². The number of amides is 1. The van der Waals surface area contributed by atoms with Crippen molar-refractivity contribution >= 4 is 34.4 Å². The number of benzene rings is 2. The molecule has 1 amide bonds. The molecule has 0 unspecified atom stereocenters. The van der Waals surface area contributed by atoms with E-state index in [1.54, 1.807) is 18.8 Å². The van der Waals surface area contributed by atoms with Crippen molar-refractivity contribution in [1.82, 2.24) is 4.98 Å². The third kappa shape index (κ3) is 2.44. The van der Waals surface area contributed by atoms with Crippen LogP contribution in [0.5, 0.6) is 0 Å². The summed E-state index contributed by atoms with van der Waals surface area (Å²) in [6, 6.07) is 14.4. The van der Waals surface area contributed by atoms with Crippen LogP contribution in [0, 0.1) is 0 Å². The van der Waals surface area contributed by atoms with E-state index in [2.05, 4.69) is 40.8 Å². The van der Waals surface area contributed by atoms with Gasteiger partial charge < -0.3 is 16.0 Å². The SMILES string of the molecule is CNc1[nH]c2cc(-c3ccc(SC)cc3)ccc2c1C(N)=O. The van der Waals surface area contributed by atoms with E-state index in [0.29, 0.717) is 11.4 Å². The van der Waals surface area contributed by atoms with Crippen LogP contribution in [0.25, 0.3) is 22.0 Å². The number of hydrogen-bond donors (Lipinski definition) is 3. The Bertz CT molecular complexity index is 837. The minimum absolute atomic E-state index is 0.437. The van der Waals surface area contributed by atoms with Crippen LogP contribution >= 0.6 is 11.8 Å². The first-order valence-corrected chi connectivity index (χ1v) is 8.14. The molecule has 22 heavy (non-hydrogen) atoms. The first-order chi connectivity index (χ1) is 10.6. The van der Waals surface area contributed by atoms with E-state index in [1.807, 2.05) is 18.2 Å². The Hall–Kier alpha value is -2.40. The molecule has 0 saturated carbocycles. The van der Waals surface area contributed by atoms with Crippen LogP contribution in [-0.2, 0) is 0 Å². The highest BCUT2D eigenvalue weighted by atomic mass is 32.2. The second-order valence-electron chi connectivity index (χ2n) is 4.98. The van der Waals surface area contributed by atoms with Gasteiger partial charge in [-0.05, 0) is 35.6 Å². The Labute approximate surface area is 133 Å². The molecule has 0 fully saturated rings. The van der Waals surface area contributed by atoms with Crippen LogP contribution in [0.1, 0.15) is 10.4 Å². The molecule has 5 heteroatoms. The maximum Gasteiger partial charge on any atom is 0.253 e. The van der Waals surface area contributed by atoms with Crippen molar-refractivity contribution in [1.29, 1.82) is 0 Å². The summed E-state index contributed by atoms with van der Waals surface area (Å²) in [5, 5.41) is 3.82. The van der Waals surface area contributed by atoms with Gasteiger partial charge in [-0.2, -0.15) is 0 Å². The van der Waals surface area contributed by atoms with E-state index in [1.165, 1.54) is 4.90 Å². The first-order valence-electron chi connectivity index (χ1n) is 6.91. The highest BCUT2D eigenvalue weighted by molar-refractivity contribution is 7.98. The lowest BCUT2D eigenvalue weighted by Crippen LogP contribution is -2.12. The molecule has 0 aliphatic heterocycles. The average Bonchev–Trinajstić information content (AvgIpc) is 2.92. The number of nitrogens with two attached hydrogens (primary N) is 1. The van der Waals surface area contributed by atoms with Crippen LogP contribution in [0.15, 0.2) is 47.4 Å². The number of hydrogen-bond acceptors (Lipinski definition) is 3. The van der Waals surface area contributed by atoms with E-state index in [4.69, 9.17) is 5.73 Å². The Kier molecular flexibility index (Phi) is 3.81. The average molecular weight is 311 g/mol. The number of carbonyl (C=O) groups is 1. The van der Waals surface area contributed by atoms with Gasteiger partial charge in [0.1, 0.15) is 5.82 Å². The number of rotatable bonds is 4. The molecule has 0 saturated heterocycles. The van der Waals surface area contributed by atoms with Crippen molar-refractivity contribution < 1.29 is 4.79 Å². The molecule has 3 rings (SSSR count). The van der Waals surface area contributed by atoms with Crippen molar-refractivity contribution in [3.8, 4) is 11.1 Å². The van der Waals surface area contributed by atoms with Crippen LogP contribution in [0.3, 0.4) is 0 Å². The Morgan fingerprint density at radius 1 is 1.14 bits per heavy atom. The third-order valence-corrected chi connectivity index (χ3v) is 4.46. The summed E-state index contributed by atoms with van der Waals surface area (Å²) in [6.45, 7) is 0. The monoisotopic (exact) mass is 311 g/mol. The standard InChI is InChI=1S/C17H17N3OS/c1-19-17-15(16(18)21)13-8-5-11(9-14(13)20-17)10-3-6-12(22-2)7-4-10/h3-9,19-20H,1-2H3,(H2,18,21). The van der Waals surface area contributed by atoms with Crippen LogP contribution < -0.4 is 11.1 Å². The minimum Gasteiger partial charge on any atom is -0.374 e. The number of aromatic nitrogens is 1. The number of aromatic amines is 1. The zero-order valence-electron chi connectivity index (χ0n) is 12.4. The molecule has 3 aromatic rings. The van der Waals surface area contributed by atoms with Crippen LogP contribution in [0.2, 0.25) is 0 Å². The van der Waals surface area contributed by atoms with Gasteiger partial charge in [0.05, 0.1) is 5.56 Å². The summed E-state index contributed by atoms with van der Waals surface area (Å²) >= 11 is 1.72. The van der Waals surface area contributed by atoms with Gasteiger partial charge in [-0.25, -0.2) is 0 Å². The number of fused-ring (bicyclic) bond motifs is 1. The van der Waals surface area contributed by atoms with Crippen molar-refractivity contribution in [2.75, 3.05) is 18.6 Å². The van der Waals surface area contributed by atoms with Gasteiger partial charge >= 0.3 is 0 Å². The Balaban J connectivity index is 2.11. The molecule has 0 spiro atoms. The molecule has 4 N–H and O–H groups in total. The largest absolute Gasteiger partial charge is 0.374 e. The van der Waals surface area contributed by atoms with Crippen molar-refractivity contribution in [3.63, 3.8) is 0 Å². The third-order valence-electron chi connectivity index (χ3n) is 3.72. The molecular formula is C17H17N3OS. The smallest absolute Gasteiger partial charge is 0.253 e. The van der Waals surface area contributed by atoms with E-state index >= 15 is 0 Å². The quantitative estimate of drug-likeness (QED) is 0.643. The number of thioether (sulfide) groups is 1. The summed E-state index contributed by atoms with van der Waals surface area (Å²) in [5.74, 6) is 0.213. The molecule has 4 nitrogen and oxygen atoms in total. The fourth-order valence-electron chi connectivity index (χ4n) is 2.60. The van der Waals surface area contributed by atoms with Gasteiger partial charge in [-0.3, -0.25) is 4.79 Å². The zero-order chi connectivity index (χ0) is 15.7. The van der Waals surface area contributed by atoms with E-state index in [9.17, 15) is 4.79 Å². The van der Waals surface area contributed by atoms with Crippen molar-refractivity contribution in [2.45, 2.75) is 4.90 Å². The van der Waals surface area contributed by atoms with Crippen LogP contribution in [-0.4, -0.2) is 24.2 Å². The molecule has 0 radical (unpaired) electrons. The van der Waals surface area contributed by atoms with Crippen LogP contribution in [0.4, 0.5) is 5.82 Å². The van der Waals surface area contributed by atoms with Crippen molar-refractivity contribution in [2.24, 2.45) is 5.73 Å². The lowest BCUT2D eigenvalue weighted by Gasteiger charge is -2.03. The first kappa shape index (κ1) is 14.5. The second kappa shape index (κ2) is 5.77. The molecule has 1 heterocycles. The van der Waals surface area contributed by atoms with Crippen molar-refractivity contribution in [3.05, 3.63) is 48.0 Å². The molecule has 0 atom stereocenters. The molecule has 112 valence electrons. The van der Waals surface area contributed by atoms with Gasteiger partial charge in [-0.1, -0.05) is 24.3 Å². The summed E-state index contributed by atoms with van der Waals surface area (Å²) in [6.07, 6.45) is 2.06. The normalized spacial score (nSPS) is 10.8. The molecule has 0 aliphatic rings. The van der Waals surface area contributed by atoms with Gasteiger partial charge in [-0.15, -0.1) is 11.8 Å². The number of primary amides is 1. The second-order valence-corrected chi connectivity index (χ2v) is 5.86. The lowest BCUT2D eigenvalue weighted by atomic mass is 10.0. The maximum absolute atomic E-state index is 11.6. The summed E-state index contributed by atoms with van der Waals surface area (Å²) in [7, 11) is 1.76. The fraction of sp³-hybridized carbons (Fsp3) is 0.118. The number of anilines is 1. The van der Waals surface area contributed by atoms with Gasteiger partial charge in [0, 0.05) is 22.8 Å². The minimum atomic E-state index is -0.437. The van der Waals surface area contributed by atoms with E-state index < -0.39 is 5.91 Å². The lowest BCUT2D eigenvalue weighted by molar-refractivity contribution is 0.100. The predicted octanol–water partition coefficient (Wildman–Crippen LogP) is 3.70. The topological polar surface area (TPSA) is 70.9 Å². The summed E-state index contributed by atoms with van der Waals surface area (Å²) in [4.78, 5) is 16.1. The Morgan fingerprint density at radius 2 is 1.82 bits per heavy atom. The molecule has 0 bridgehead atoms. The van der Waals surface area contributed by atoms with Gasteiger partial charge in [0.15, 0.2) is 0 Å².